The van der Waals surface area contributed by atoms with E-state index < -0.39 is 17.4 Å². The highest BCUT2D eigenvalue weighted by molar-refractivity contribution is 6.45. The molecular weight excluding hydrogens is 222 g/mol. The van der Waals surface area contributed by atoms with Crippen LogP contribution in [0.3, 0.4) is 0 Å². The zero-order valence-electron chi connectivity index (χ0n) is 9.82. The zero-order chi connectivity index (χ0) is 12.5. The van der Waals surface area contributed by atoms with Crippen molar-refractivity contribution in [1.82, 2.24) is 10.6 Å². The van der Waals surface area contributed by atoms with Crippen molar-refractivity contribution in [3.8, 4) is 0 Å². The third kappa shape index (κ3) is 2.46. The fraction of sp³-hybridized carbons (Fsp3) is 0.727. The highest BCUT2D eigenvalue weighted by atomic mass is 16.3. The molecular formula is C11H17N3O3. The van der Waals surface area contributed by atoms with Gasteiger partial charge in [0.2, 0.25) is 5.96 Å². The SMILES string of the molecule is CC1CCCC(CO)(N=C2NC(=O)C(=O)N2)C1. The minimum atomic E-state index is -0.694. The predicted molar refractivity (Wildman–Crippen MR) is 61.2 cm³/mol. The first-order chi connectivity index (χ1) is 8.04. The van der Waals surface area contributed by atoms with Crippen LogP contribution in [0.15, 0.2) is 4.99 Å². The lowest BCUT2D eigenvalue weighted by Crippen LogP contribution is -2.40. The standard InChI is InChI=1S/C11H17N3O3/c1-7-3-2-4-11(5-7,6-15)14-10-12-8(16)9(17)13-10/h7,15H,2-6H2,1H3,(H2,12,13,14,16,17). The summed E-state index contributed by atoms with van der Waals surface area (Å²) in [5, 5.41) is 14.2. The van der Waals surface area contributed by atoms with Crippen molar-refractivity contribution >= 4 is 17.8 Å². The predicted octanol–water partition coefficient (Wildman–Crippen LogP) is -0.470. The Balaban J connectivity index is 2.16. The van der Waals surface area contributed by atoms with E-state index in [0.717, 1.165) is 25.7 Å². The molecule has 2 atom stereocenters. The van der Waals surface area contributed by atoms with Gasteiger partial charge in [-0.25, -0.2) is 4.99 Å². The van der Waals surface area contributed by atoms with Crippen LogP contribution < -0.4 is 10.6 Å². The Kier molecular flexibility index (Phi) is 3.15. The molecule has 2 aliphatic rings. The molecule has 2 fully saturated rings. The first-order valence-corrected chi connectivity index (χ1v) is 5.88. The first-order valence-electron chi connectivity index (χ1n) is 5.88. The molecule has 0 bridgehead atoms. The summed E-state index contributed by atoms with van der Waals surface area (Å²) in [5.41, 5.74) is -0.558. The molecule has 2 rings (SSSR count). The van der Waals surface area contributed by atoms with Crippen LogP contribution in [-0.4, -0.2) is 35.0 Å². The zero-order valence-corrected chi connectivity index (χ0v) is 9.82. The van der Waals surface area contributed by atoms with Crippen LogP contribution in [0.2, 0.25) is 0 Å². The van der Waals surface area contributed by atoms with Gasteiger partial charge in [0.1, 0.15) is 0 Å². The lowest BCUT2D eigenvalue weighted by atomic mass is 9.77. The molecule has 6 heteroatoms. The van der Waals surface area contributed by atoms with Crippen LogP contribution in [0.5, 0.6) is 0 Å². The Labute approximate surface area is 99.5 Å². The number of amides is 2. The molecule has 0 aromatic heterocycles. The molecule has 0 aromatic carbocycles. The Morgan fingerprint density at radius 2 is 2.06 bits per heavy atom. The van der Waals surface area contributed by atoms with Gasteiger partial charge in [0.25, 0.3) is 0 Å². The smallest absolute Gasteiger partial charge is 0.316 e. The normalized spacial score (nSPS) is 33.3. The number of aliphatic hydroxyl groups is 1. The van der Waals surface area contributed by atoms with Crippen LogP contribution in [0.4, 0.5) is 0 Å². The molecule has 94 valence electrons. The summed E-state index contributed by atoms with van der Waals surface area (Å²) in [6.07, 6.45) is 3.69. The fourth-order valence-corrected chi connectivity index (χ4v) is 2.57. The van der Waals surface area contributed by atoms with E-state index in [1.807, 2.05) is 0 Å². The van der Waals surface area contributed by atoms with E-state index in [4.69, 9.17) is 0 Å². The van der Waals surface area contributed by atoms with Gasteiger partial charge in [0.05, 0.1) is 12.1 Å². The first kappa shape index (κ1) is 12.0. The van der Waals surface area contributed by atoms with Crippen molar-refractivity contribution in [2.75, 3.05) is 6.61 Å². The molecule has 0 spiro atoms. The fourth-order valence-electron chi connectivity index (χ4n) is 2.57. The highest BCUT2D eigenvalue weighted by Crippen LogP contribution is 2.35. The number of aliphatic hydroxyl groups excluding tert-OH is 1. The average molecular weight is 239 g/mol. The molecule has 2 amide bonds. The molecule has 1 aliphatic heterocycles. The molecule has 2 unspecified atom stereocenters. The Morgan fingerprint density at radius 3 is 2.59 bits per heavy atom. The van der Waals surface area contributed by atoms with Gasteiger partial charge >= 0.3 is 11.8 Å². The molecule has 17 heavy (non-hydrogen) atoms. The van der Waals surface area contributed by atoms with Gasteiger partial charge in [0, 0.05) is 0 Å². The second kappa shape index (κ2) is 4.44. The number of rotatable bonds is 2. The van der Waals surface area contributed by atoms with Gasteiger partial charge in [-0.15, -0.1) is 0 Å². The lowest BCUT2D eigenvalue weighted by Gasteiger charge is -2.35. The average Bonchev–Trinajstić information content (AvgIpc) is 2.57. The number of guanidine groups is 1. The minimum Gasteiger partial charge on any atom is -0.394 e. The van der Waals surface area contributed by atoms with Gasteiger partial charge in [0.15, 0.2) is 0 Å². The van der Waals surface area contributed by atoms with Crippen molar-refractivity contribution < 1.29 is 14.7 Å². The van der Waals surface area contributed by atoms with Crippen LogP contribution in [0.1, 0.15) is 32.6 Å². The maximum atomic E-state index is 11.0. The number of nitrogens with zero attached hydrogens (tertiary/aromatic N) is 1. The topological polar surface area (TPSA) is 90.8 Å². The third-order valence-electron chi connectivity index (χ3n) is 3.38. The summed E-state index contributed by atoms with van der Waals surface area (Å²) in [4.78, 5) is 26.4. The van der Waals surface area contributed by atoms with Crippen molar-refractivity contribution in [2.45, 2.75) is 38.1 Å². The molecule has 6 nitrogen and oxygen atoms in total. The van der Waals surface area contributed by atoms with Crippen LogP contribution >= 0.6 is 0 Å². The van der Waals surface area contributed by atoms with Gasteiger partial charge in [-0.05, 0) is 18.8 Å². The van der Waals surface area contributed by atoms with Gasteiger partial charge in [-0.3, -0.25) is 20.2 Å². The van der Waals surface area contributed by atoms with Crippen LogP contribution in [0.25, 0.3) is 0 Å². The second-order valence-electron chi connectivity index (χ2n) is 4.95. The third-order valence-corrected chi connectivity index (χ3v) is 3.38. The van der Waals surface area contributed by atoms with Crippen LogP contribution in [0, 0.1) is 5.92 Å². The summed E-state index contributed by atoms with van der Waals surface area (Å²) in [6.45, 7) is 2.06. The van der Waals surface area contributed by atoms with E-state index in [9.17, 15) is 14.7 Å². The second-order valence-corrected chi connectivity index (χ2v) is 4.95. The molecule has 1 heterocycles. The number of carbonyl (C=O) groups excluding carboxylic acids is 2. The number of hydrogen-bond acceptors (Lipinski definition) is 4. The quantitative estimate of drug-likeness (QED) is 0.569. The molecule has 3 N–H and O–H groups in total. The largest absolute Gasteiger partial charge is 0.394 e. The van der Waals surface area contributed by atoms with Crippen molar-refractivity contribution in [3.05, 3.63) is 0 Å². The van der Waals surface area contributed by atoms with E-state index in [0.29, 0.717) is 5.92 Å². The van der Waals surface area contributed by atoms with Crippen molar-refractivity contribution in [3.63, 3.8) is 0 Å². The van der Waals surface area contributed by atoms with E-state index in [-0.39, 0.29) is 12.6 Å². The summed E-state index contributed by atoms with van der Waals surface area (Å²) >= 11 is 0. The number of nitrogens with one attached hydrogen (secondary N) is 2. The van der Waals surface area contributed by atoms with Crippen molar-refractivity contribution in [1.29, 1.82) is 0 Å². The Hall–Kier alpha value is -1.43. The van der Waals surface area contributed by atoms with E-state index in [2.05, 4.69) is 22.5 Å². The summed E-state index contributed by atoms with van der Waals surface area (Å²) in [5.74, 6) is -0.724. The molecule has 1 aliphatic carbocycles. The highest BCUT2D eigenvalue weighted by Gasteiger charge is 2.36. The summed E-state index contributed by atoms with van der Waals surface area (Å²) < 4.78 is 0. The Bertz CT molecular complexity index is 362. The lowest BCUT2D eigenvalue weighted by molar-refractivity contribution is -0.135. The van der Waals surface area contributed by atoms with Gasteiger partial charge in [-0.1, -0.05) is 19.8 Å². The molecule has 1 saturated heterocycles. The molecule has 0 radical (unpaired) electrons. The van der Waals surface area contributed by atoms with Crippen LogP contribution in [-0.2, 0) is 9.59 Å². The summed E-state index contributed by atoms with van der Waals surface area (Å²) in [7, 11) is 0. The van der Waals surface area contributed by atoms with E-state index in [1.54, 1.807) is 0 Å². The molecule has 1 saturated carbocycles. The molecule has 0 aromatic rings. The number of carbonyl (C=O) groups is 2. The van der Waals surface area contributed by atoms with Gasteiger partial charge in [-0.2, -0.15) is 0 Å². The maximum Gasteiger partial charge on any atom is 0.316 e. The van der Waals surface area contributed by atoms with Gasteiger partial charge < -0.3 is 5.11 Å². The maximum absolute atomic E-state index is 11.0. The summed E-state index contributed by atoms with van der Waals surface area (Å²) in [6, 6.07) is 0. The van der Waals surface area contributed by atoms with E-state index in [1.165, 1.54) is 0 Å². The number of hydrogen-bond donors (Lipinski definition) is 3. The van der Waals surface area contributed by atoms with E-state index >= 15 is 0 Å². The minimum absolute atomic E-state index is 0.0629. The number of aliphatic imine (C=N–C) groups is 1. The monoisotopic (exact) mass is 239 g/mol. The van der Waals surface area contributed by atoms with Crippen molar-refractivity contribution in [2.24, 2.45) is 10.9 Å². The Morgan fingerprint density at radius 1 is 1.41 bits per heavy atom.